The Morgan fingerprint density at radius 3 is 2.41 bits per heavy atom. The van der Waals surface area contributed by atoms with Crippen molar-refractivity contribution in [3.63, 3.8) is 0 Å². The molecule has 0 fully saturated rings. The summed E-state index contributed by atoms with van der Waals surface area (Å²) in [4.78, 5) is 12.8. The average molecular weight is 391 g/mol. The molecule has 0 heterocycles. The minimum atomic E-state index is -2.09. The fraction of sp³-hybridized carbons (Fsp3) is 0.591. The maximum Gasteiger partial charge on any atom is 0.193 e. The molecule has 0 N–H and O–H groups in total. The predicted octanol–water partition coefficient (Wildman–Crippen LogP) is 5.28. The zero-order valence-electron chi connectivity index (χ0n) is 17.6. The molecule has 0 bridgehead atoms. The number of carbonyl (C=O) groups excluding carboxylic acids is 1. The smallest absolute Gasteiger partial charge is 0.193 e. The summed E-state index contributed by atoms with van der Waals surface area (Å²) in [7, 11) is -0.435. The average Bonchev–Trinajstić information content (AvgIpc) is 2.60. The van der Waals surface area contributed by atoms with Gasteiger partial charge in [-0.05, 0) is 48.7 Å². The van der Waals surface area contributed by atoms with Gasteiger partial charge in [-0.1, -0.05) is 45.1 Å². The quantitative estimate of drug-likeness (QED) is 0.490. The zero-order chi connectivity index (χ0) is 20.1. The number of hydrogen-bond acceptors (Lipinski definition) is 4. The van der Waals surface area contributed by atoms with E-state index in [0.29, 0.717) is 13.0 Å². The van der Waals surface area contributed by atoms with E-state index in [4.69, 9.17) is 13.9 Å². The molecule has 0 saturated heterocycles. The van der Waals surface area contributed by atoms with Crippen LogP contribution in [0.5, 0.6) is 5.75 Å². The van der Waals surface area contributed by atoms with Gasteiger partial charge in [0.25, 0.3) is 0 Å². The van der Waals surface area contributed by atoms with Gasteiger partial charge < -0.3 is 13.9 Å². The van der Waals surface area contributed by atoms with Crippen LogP contribution in [0.3, 0.4) is 0 Å². The first kappa shape index (κ1) is 21.9. The molecule has 2 atom stereocenters. The molecule has 150 valence electrons. The third kappa shape index (κ3) is 6.03. The highest BCUT2D eigenvalue weighted by atomic mass is 28.4. The Morgan fingerprint density at radius 1 is 1.15 bits per heavy atom. The summed E-state index contributed by atoms with van der Waals surface area (Å²) < 4.78 is 17.9. The predicted molar refractivity (Wildman–Crippen MR) is 112 cm³/mol. The summed E-state index contributed by atoms with van der Waals surface area (Å²) in [6.07, 6.45) is 5.57. The van der Waals surface area contributed by atoms with Crippen LogP contribution in [0.4, 0.5) is 0 Å². The SMILES string of the molecule is COc1ccc(CO[C@@H]2/C=C\CCCC(=O)[C@@H]2O[Si](C)(C)C(C)(C)C)cc1. The number of carbonyl (C=O) groups is 1. The van der Waals surface area contributed by atoms with Crippen molar-refractivity contribution in [2.24, 2.45) is 0 Å². The summed E-state index contributed by atoms with van der Waals surface area (Å²) in [5.74, 6) is 0.975. The molecule has 1 aromatic carbocycles. The molecule has 0 radical (unpaired) electrons. The highest BCUT2D eigenvalue weighted by Gasteiger charge is 2.42. The van der Waals surface area contributed by atoms with E-state index in [1.54, 1.807) is 7.11 Å². The van der Waals surface area contributed by atoms with E-state index >= 15 is 0 Å². The molecule has 0 unspecified atom stereocenters. The molecule has 0 saturated carbocycles. The van der Waals surface area contributed by atoms with E-state index in [2.05, 4.69) is 39.9 Å². The highest BCUT2D eigenvalue weighted by Crippen LogP contribution is 2.38. The Balaban J connectivity index is 2.16. The van der Waals surface area contributed by atoms with Crippen molar-refractivity contribution in [2.75, 3.05) is 7.11 Å². The topological polar surface area (TPSA) is 44.8 Å². The molecule has 1 aliphatic rings. The van der Waals surface area contributed by atoms with Crippen molar-refractivity contribution in [3.05, 3.63) is 42.0 Å². The number of ketones is 1. The van der Waals surface area contributed by atoms with Gasteiger partial charge in [0.1, 0.15) is 18.0 Å². The van der Waals surface area contributed by atoms with Crippen molar-refractivity contribution >= 4 is 14.1 Å². The zero-order valence-corrected chi connectivity index (χ0v) is 18.6. The third-order valence-electron chi connectivity index (χ3n) is 5.56. The Morgan fingerprint density at radius 2 is 1.81 bits per heavy atom. The van der Waals surface area contributed by atoms with Gasteiger partial charge in [0.15, 0.2) is 14.1 Å². The highest BCUT2D eigenvalue weighted by molar-refractivity contribution is 6.74. The van der Waals surface area contributed by atoms with E-state index in [1.165, 1.54) is 0 Å². The summed E-state index contributed by atoms with van der Waals surface area (Å²) >= 11 is 0. The Labute approximate surface area is 165 Å². The van der Waals surface area contributed by atoms with Crippen LogP contribution >= 0.6 is 0 Å². The first-order chi connectivity index (χ1) is 12.6. The van der Waals surface area contributed by atoms with Crippen LogP contribution in [-0.2, 0) is 20.6 Å². The standard InChI is InChI=1S/C22H34O4Si/c1-22(2,3)27(5,6)26-21-19(23)10-8-7-9-11-20(21)25-16-17-12-14-18(24-4)15-13-17/h9,11-15,20-21H,7-8,10,16H2,1-6H3/b11-9-/t20-,21+/m1/s1. The molecule has 0 aliphatic heterocycles. The van der Waals surface area contributed by atoms with Gasteiger partial charge in [0, 0.05) is 6.42 Å². The Bertz CT molecular complexity index is 643. The van der Waals surface area contributed by atoms with Crippen molar-refractivity contribution in [2.45, 2.75) is 77.0 Å². The number of benzene rings is 1. The molecule has 4 nitrogen and oxygen atoms in total. The van der Waals surface area contributed by atoms with Gasteiger partial charge >= 0.3 is 0 Å². The van der Waals surface area contributed by atoms with Crippen LogP contribution in [0, 0.1) is 0 Å². The van der Waals surface area contributed by atoms with Gasteiger partial charge in [-0.25, -0.2) is 0 Å². The summed E-state index contributed by atoms with van der Waals surface area (Å²) in [6.45, 7) is 11.4. The van der Waals surface area contributed by atoms with Crippen molar-refractivity contribution in [3.8, 4) is 5.75 Å². The lowest BCUT2D eigenvalue weighted by Crippen LogP contribution is -2.50. The van der Waals surface area contributed by atoms with Gasteiger partial charge in [0.05, 0.1) is 13.7 Å². The molecule has 2 rings (SSSR count). The second-order valence-corrected chi connectivity index (χ2v) is 13.5. The maximum absolute atomic E-state index is 12.8. The molecule has 1 aromatic rings. The van der Waals surface area contributed by atoms with Gasteiger partial charge in [-0.2, -0.15) is 0 Å². The van der Waals surface area contributed by atoms with Crippen LogP contribution in [0.25, 0.3) is 0 Å². The van der Waals surface area contributed by atoms with Crippen molar-refractivity contribution in [1.82, 2.24) is 0 Å². The molecule has 5 heteroatoms. The van der Waals surface area contributed by atoms with Gasteiger partial charge in [0.2, 0.25) is 0 Å². The maximum atomic E-state index is 12.8. The molecular weight excluding hydrogens is 356 g/mol. The van der Waals surface area contributed by atoms with E-state index < -0.39 is 14.4 Å². The Kier molecular flexibility index (Phi) is 7.43. The number of ether oxygens (including phenoxy) is 2. The van der Waals surface area contributed by atoms with Crippen LogP contribution < -0.4 is 4.74 Å². The monoisotopic (exact) mass is 390 g/mol. The fourth-order valence-corrected chi connectivity index (χ4v) is 3.99. The summed E-state index contributed by atoms with van der Waals surface area (Å²) in [6, 6.07) is 7.80. The van der Waals surface area contributed by atoms with Crippen molar-refractivity contribution in [1.29, 1.82) is 0 Å². The largest absolute Gasteiger partial charge is 0.497 e. The van der Waals surface area contributed by atoms with E-state index in [1.807, 2.05) is 30.3 Å². The first-order valence-electron chi connectivity index (χ1n) is 9.76. The number of hydrogen-bond donors (Lipinski definition) is 0. The second kappa shape index (κ2) is 9.17. The lowest BCUT2D eigenvalue weighted by molar-refractivity contribution is -0.133. The second-order valence-electron chi connectivity index (χ2n) is 8.71. The fourth-order valence-electron chi connectivity index (χ4n) is 2.74. The minimum Gasteiger partial charge on any atom is -0.497 e. The van der Waals surface area contributed by atoms with Crippen molar-refractivity contribution < 1.29 is 18.7 Å². The normalized spacial score (nSPS) is 22.8. The number of allylic oxidation sites excluding steroid dienone is 1. The van der Waals surface area contributed by atoms with E-state index in [-0.39, 0.29) is 16.9 Å². The van der Waals surface area contributed by atoms with Crippen LogP contribution in [0.15, 0.2) is 36.4 Å². The van der Waals surface area contributed by atoms with Gasteiger partial charge in [-0.3, -0.25) is 4.79 Å². The third-order valence-corrected chi connectivity index (χ3v) is 10.0. The minimum absolute atomic E-state index is 0.0416. The number of rotatable bonds is 6. The Hall–Kier alpha value is -1.43. The lowest BCUT2D eigenvalue weighted by atomic mass is 10.00. The first-order valence-corrected chi connectivity index (χ1v) is 12.7. The molecule has 0 amide bonds. The van der Waals surface area contributed by atoms with E-state index in [9.17, 15) is 4.79 Å². The summed E-state index contributed by atoms with van der Waals surface area (Å²) in [5.41, 5.74) is 1.05. The molecule has 0 aromatic heterocycles. The molecule has 1 aliphatic carbocycles. The molecule has 0 spiro atoms. The lowest BCUT2D eigenvalue weighted by Gasteiger charge is -2.40. The molecule has 27 heavy (non-hydrogen) atoms. The number of Topliss-reactive ketones (excluding diaryl/α,β-unsaturated/α-hetero) is 1. The van der Waals surface area contributed by atoms with Crippen LogP contribution in [0.1, 0.15) is 45.6 Å². The van der Waals surface area contributed by atoms with Crippen LogP contribution in [-0.4, -0.2) is 33.4 Å². The van der Waals surface area contributed by atoms with E-state index in [0.717, 1.165) is 24.2 Å². The van der Waals surface area contributed by atoms with Gasteiger partial charge in [-0.15, -0.1) is 0 Å². The van der Waals surface area contributed by atoms with Crippen LogP contribution in [0.2, 0.25) is 18.1 Å². The number of methoxy groups -OCH3 is 1. The molecular formula is C22H34O4Si. The summed E-state index contributed by atoms with van der Waals surface area (Å²) in [5, 5.41) is 0.0416.